The zero-order chi connectivity index (χ0) is 83.1. The molecule has 2 atom stereocenters. The second-order valence-corrected chi connectivity index (χ2v) is 37.9. The molecule has 18 rings (SSSR count). The Kier molecular flexibility index (Phi) is 28.7. The topological polar surface area (TPSA) is 604 Å². The van der Waals surface area contributed by atoms with Gasteiger partial charge in [0.1, 0.15) is 19.7 Å². The molecule has 0 aliphatic carbocycles. The Morgan fingerprint density at radius 3 is 0.779 bits per heavy atom. The monoisotopic (exact) mass is 1850 g/mol. The van der Waals surface area contributed by atoms with Gasteiger partial charge in [0.15, 0.2) is 0 Å². The van der Waals surface area contributed by atoms with Crippen LogP contribution in [0.3, 0.4) is 0 Å². The minimum atomic E-state index is -4.64. The van der Waals surface area contributed by atoms with Gasteiger partial charge in [-0.05, 0) is 70.8 Å². The SMILES string of the molecule is CS(=O)(=O)CCCS(=O)(=O)NCC(O)CS(=O)(=O)[O-].CS(=O)(=O)CCCS(=O)(=O)NCC(O)CS(=O)(=O)[O-].[Cu+2].[Cu+2].[Li+].[Li+].c1ccc2c(c1)-c1nc-2nc2[n-]c(nc3nc(nc4[n-]c(n1)c1ccncc41)-c1ccncc1-3)c1cnccc21.c1ccc2c(c1)-c1nc-2nc2[n-]c(nc3nc(nc4[n-]c(n1)c1ccncc41)-c1cnccc1-3)c1ccncc21. The van der Waals surface area contributed by atoms with E-state index in [9.17, 15) is 59.6 Å². The maximum atomic E-state index is 11.3. The third-order valence-corrected chi connectivity index (χ3v) is 24.3. The summed E-state index contributed by atoms with van der Waals surface area (Å²) in [6, 6.07) is 26.9. The van der Waals surface area contributed by atoms with Crippen molar-refractivity contribution >= 4 is 148 Å². The summed E-state index contributed by atoms with van der Waals surface area (Å²) in [6.07, 6.45) is 19.0. The number of fused-ring (bicyclic) bond motifs is 40. The minimum absolute atomic E-state index is 0. The zero-order valence-electron chi connectivity index (χ0n) is 63.7. The second-order valence-electron chi connectivity index (χ2n) is 26.6. The second kappa shape index (κ2) is 37.8. The van der Waals surface area contributed by atoms with Crippen molar-refractivity contribution in [1.29, 1.82) is 0 Å². The number of sulfone groups is 2. The molecular weight excluding hydrogens is 1790 g/mol. The van der Waals surface area contributed by atoms with Crippen LogP contribution in [0.1, 0.15) is 12.8 Å². The van der Waals surface area contributed by atoms with Gasteiger partial charge in [-0.15, -0.1) is 0 Å². The van der Waals surface area contributed by atoms with Crippen LogP contribution in [0.4, 0.5) is 0 Å². The van der Waals surface area contributed by atoms with Gasteiger partial charge >= 0.3 is 71.9 Å². The molecule has 2 unspecified atom stereocenters. The van der Waals surface area contributed by atoms with E-state index >= 15 is 0 Å². The van der Waals surface area contributed by atoms with E-state index in [4.69, 9.17) is 90.0 Å². The first kappa shape index (κ1) is 92.5. The van der Waals surface area contributed by atoms with Gasteiger partial charge < -0.3 is 79.1 Å². The number of pyridine rings is 6. The molecule has 50 heteroatoms. The number of nitrogens with one attached hydrogen (secondary N) is 2. The van der Waals surface area contributed by atoms with Crippen LogP contribution in [0.25, 0.3) is 179 Å². The summed E-state index contributed by atoms with van der Waals surface area (Å²) < 4.78 is 154. The van der Waals surface area contributed by atoms with Crippen LogP contribution in [0, 0.1) is 0 Å². The number of sulfonamides is 2. The predicted molar refractivity (Wildman–Crippen MR) is 428 cm³/mol. The number of rotatable bonds is 18. The largest absolute Gasteiger partial charge is 2.00 e. The molecular formula is C72H58Cu2Li2N24O16S6. The minimum Gasteiger partial charge on any atom is -0.748 e. The number of benzene rings is 2. The summed E-state index contributed by atoms with van der Waals surface area (Å²) in [5.74, 6) is 0.122. The van der Waals surface area contributed by atoms with Crippen molar-refractivity contribution < 1.29 is 142 Å². The number of aliphatic hydroxyl groups is 2. The first-order valence-corrected chi connectivity index (χ1v) is 45.6. The van der Waals surface area contributed by atoms with Crippen molar-refractivity contribution in [3.05, 3.63) is 159 Å². The van der Waals surface area contributed by atoms with Gasteiger partial charge in [0.2, 0.25) is 20.0 Å². The molecule has 16 heterocycles. The van der Waals surface area contributed by atoms with Crippen molar-refractivity contribution in [3.8, 4) is 91.1 Å². The molecule has 0 spiro atoms. The van der Waals surface area contributed by atoms with E-state index in [-0.39, 0.29) is 96.2 Å². The van der Waals surface area contributed by atoms with Gasteiger partial charge in [-0.2, -0.15) is 0 Å². The molecule has 0 saturated carbocycles. The Labute approximate surface area is 738 Å². The molecule has 122 heavy (non-hydrogen) atoms. The fourth-order valence-corrected chi connectivity index (χ4v) is 17.6. The van der Waals surface area contributed by atoms with Gasteiger partial charge in [-0.3, -0.25) is 29.9 Å². The molecule has 4 aliphatic rings. The molecule has 0 amide bonds. The van der Waals surface area contributed by atoms with Crippen LogP contribution in [-0.4, -0.2) is 232 Å². The molecule has 4 aliphatic heterocycles. The fraction of sp³-hybridized carbons (Fsp3) is 0.194. The number of hydrogen-bond acceptors (Lipinski definition) is 34. The number of aromatic nitrogens is 22. The summed E-state index contributed by atoms with van der Waals surface area (Å²) in [7, 11) is -23.5. The van der Waals surface area contributed by atoms with Crippen molar-refractivity contribution in [2.75, 3.05) is 60.1 Å². The molecule has 0 saturated heterocycles. The third kappa shape index (κ3) is 21.8. The number of aliphatic hydroxyl groups excluding tert-OH is 2. The molecule has 0 fully saturated rings. The molecule has 4 N–H and O–H groups in total. The summed E-state index contributed by atoms with van der Waals surface area (Å²) in [6.45, 7) is -1.24. The summed E-state index contributed by atoms with van der Waals surface area (Å²) in [4.78, 5) is 103. The van der Waals surface area contributed by atoms with Gasteiger partial charge in [0.25, 0.3) is 0 Å². The number of nitrogens with zero attached hydrogens (tertiary/aromatic N) is 22. The summed E-state index contributed by atoms with van der Waals surface area (Å²) >= 11 is 0. The van der Waals surface area contributed by atoms with Gasteiger partial charge in [0.05, 0.1) is 114 Å². The molecule has 2 aromatic carbocycles. The summed E-state index contributed by atoms with van der Waals surface area (Å²) in [5.41, 5.74) is 10.3. The van der Waals surface area contributed by atoms with E-state index in [1.807, 2.05) is 94.4 Å². The molecule has 622 valence electrons. The number of hydrogen-bond donors (Lipinski definition) is 4. The van der Waals surface area contributed by atoms with Crippen molar-refractivity contribution in [2.45, 2.75) is 25.0 Å². The molecule has 40 nitrogen and oxygen atoms in total. The first-order chi connectivity index (χ1) is 56.2. The van der Waals surface area contributed by atoms with E-state index in [1.54, 1.807) is 74.4 Å². The van der Waals surface area contributed by atoms with E-state index in [2.05, 4.69) is 29.9 Å². The van der Waals surface area contributed by atoms with E-state index in [1.165, 1.54) is 0 Å². The smallest absolute Gasteiger partial charge is 0.748 e. The van der Waals surface area contributed by atoms with Gasteiger partial charge in [0, 0.05) is 211 Å². The van der Waals surface area contributed by atoms with Crippen LogP contribution >= 0.6 is 0 Å². The normalized spacial score (nSPS) is 12.6. The molecule has 16 bridgehead atoms. The first-order valence-electron chi connectivity index (χ1n) is 35.0. The van der Waals surface area contributed by atoms with Crippen LogP contribution in [-0.2, 0) is 94.1 Å². The maximum Gasteiger partial charge on any atom is 2.00 e. The Hall–Kier alpha value is -10.2. The Bertz CT molecular complexity index is 6440. The van der Waals surface area contributed by atoms with Crippen LogP contribution in [0.15, 0.2) is 159 Å². The summed E-state index contributed by atoms with van der Waals surface area (Å²) in [5, 5.41) is 24.5. The van der Waals surface area contributed by atoms with Crippen LogP contribution in [0.2, 0.25) is 0 Å². The van der Waals surface area contributed by atoms with Crippen molar-refractivity contribution in [2.24, 2.45) is 0 Å². The van der Waals surface area contributed by atoms with Crippen molar-refractivity contribution in [3.63, 3.8) is 0 Å². The average molecular weight is 1850 g/mol. The Morgan fingerprint density at radius 1 is 0.311 bits per heavy atom. The van der Waals surface area contributed by atoms with E-state index in [0.717, 1.165) is 100 Å². The fourth-order valence-electron chi connectivity index (χ4n) is 12.5. The predicted octanol–water partition coefficient (Wildman–Crippen LogP) is -2.88. The maximum absolute atomic E-state index is 11.3. The zero-order valence-corrected chi connectivity index (χ0v) is 70.5. The molecule has 14 aromatic rings. The quantitative estimate of drug-likeness (QED) is 0.0495. The Balaban J connectivity index is 0.000000167. The Morgan fingerprint density at radius 2 is 0.533 bits per heavy atom. The van der Waals surface area contributed by atoms with Crippen molar-refractivity contribution in [1.82, 2.24) is 119 Å². The molecule has 2 radical (unpaired) electrons. The van der Waals surface area contributed by atoms with Crippen LogP contribution in [0.5, 0.6) is 0 Å². The molecule has 12 aromatic heterocycles. The third-order valence-electron chi connectivity index (χ3n) is 17.8. The standard InChI is InChI=1S/2C29H13N11.2C7H17NO8S3.2Cu.2Li/c1-2-4-15-14(3-1)22-33-23(15)36-27-19-11-30-8-5-16(19)25(37-27)35-26-18-7-10-32-13-21(18)29(39-26)40-28-20-12-31-9-6-17(20)24(34-22)38-28;1-2-4-15-14(3-1)22-33-23(15)35-25-17-6-9-31-12-20(17)28(37-25)40-29-21-13-32-10-7-18(21)26(39-29)38-27-19-11-30-8-5-16(19)24(34-22)36-27;2*1-17(10,11)3-2-4-18(12,13)8-5-7(9)6-19(14,15)16;;;;/h2*1-13H;2*7-9H,2-6H2,1H3,(H,14,15,16);;;;/q2*-2;;;2*+2;2*+1/p-2. The van der Waals surface area contributed by atoms with Gasteiger partial charge in [-0.1, -0.05) is 48.5 Å². The van der Waals surface area contributed by atoms with E-state index in [0.29, 0.717) is 91.8 Å². The van der Waals surface area contributed by atoms with Gasteiger partial charge in [-0.25, -0.2) is 79.9 Å². The average Bonchev–Trinajstić information content (AvgIpc) is 1.61. The van der Waals surface area contributed by atoms with E-state index < -0.39 is 108 Å². The van der Waals surface area contributed by atoms with Crippen LogP contribution < -0.4 is 67.1 Å².